The molecule has 0 spiro atoms. The van der Waals surface area contributed by atoms with E-state index in [0.29, 0.717) is 13.0 Å². The van der Waals surface area contributed by atoms with Crippen LogP contribution in [0.1, 0.15) is 25.1 Å². The first-order valence-corrected chi connectivity index (χ1v) is 7.10. The summed E-state index contributed by atoms with van der Waals surface area (Å²) >= 11 is 0. The molecule has 5 nitrogen and oxygen atoms in total. The molecule has 3 rings (SSSR count). The van der Waals surface area contributed by atoms with E-state index in [0.717, 1.165) is 16.7 Å². The summed E-state index contributed by atoms with van der Waals surface area (Å²) in [5.41, 5.74) is 0.806. The largest absolute Gasteiger partial charge is 0.459 e. The Hall–Kier alpha value is -2.14. The highest BCUT2D eigenvalue weighted by Crippen LogP contribution is 2.26. The number of hydrogen-bond donors (Lipinski definition) is 1. The van der Waals surface area contributed by atoms with Crippen LogP contribution in [0.3, 0.4) is 0 Å². The van der Waals surface area contributed by atoms with Gasteiger partial charge in [0, 0.05) is 17.7 Å². The molecule has 21 heavy (non-hydrogen) atoms. The summed E-state index contributed by atoms with van der Waals surface area (Å²) in [5, 5.41) is 4.14. The van der Waals surface area contributed by atoms with Crippen LogP contribution in [0.5, 0.6) is 0 Å². The molecule has 1 aromatic heterocycles. The first kappa shape index (κ1) is 13.8. The molecule has 2 amide bonds. The van der Waals surface area contributed by atoms with Crippen molar-refractivity contribution in [3.63, 3.8) is 0 Å². The Morgan fingerprint density at radius 1 is 1.38 bits per heavy atom. The number of hydrogen-bond acceptors (Lipinski definition) is 4. The molecule has 110 valence electrons. The average molecular weight is 286 g/mol. The van der Waals surface area contributed by atoms with Crippen LogP contribution < -0.4 is 5.32 Å². The Labute approximate surface area is 122 Å². The molecule has 1 aliphatic heterocycles. The van der Waals surface area contributed by atoms with Crippen LogP contribution in [0.2, 0.25) is 0 Å². The molecule has 0 saturated carbocycles. The number of nitrogens with one attached hydrogen (secondary N) is 1. The van der Waals surface area contributed by atoms with E-state index in [4.69, 9.17) is 4.42 Å². The Kier molecular flexibility index (Phi) is 3.51. The molecule has 1 aliphatic rings. The van der Waals surface area contributed by atoms with Crippen molar-refractivity contribution in [3.8, 4) is 0 Å². The predicted octanol–water partition coefficient (Wildman–Crippen LogP) is 2.09. The van der Waals surface area contributed by atoms with Gasteiger partial charge in [-0.3, -0.25) is 14.5 Å². The highest BCUT2D eigenvalue weighted by molar-refractivity contribution is 6.03. The highest BCUT2D eigenvalue weighted by atomic mass is 16.3. The molecule has 0 radical (unpaired) electrons. The van der Waals surface area contributed by atoms with Gasteiger partial charge in [-0.1, -0.05) is 25.1 Å². The van der Waals surface area contributed by atoms with Gasteiger partial charge >= 0.3 is 0 Å². The number of benzene rings is 1. The fourth-order valence-electron chi connectivity index (χ4n) is 2.72. The number of amides is 2. The minimum absolute atomic E-state index is 0.101. The van der Waals surface area contributed by atoms with Crippen molar-refractivity contribution in [2.24, 2.45) is 5.92 Å². The van der Waals surface area contributed by atoms with Crippen molar-refractivity contribution < 1.29 is 14.0 Å². The minimum Gasteiger partial charge on any atom is -0.459 e. The molecule has 1 N–H and O–H groups in total. The van der Waals surface area contributed by atoms with Crippen LogP contribution in [0, 0.1) is 5.92 Å². The van der Waals surface area contributed by atoms with Crippen LogP contribution in [-0.2, 0) is 9.59 Å². The van der Waals surface area contributed by atoms with E-state index in [-0.39, 0.29) is 23.8 Å². The molecular weight excluding hydrogens is 268 g/mol. The van der Waals surface area contributed by atoms with E-state index in [9.17, 15) is 9.59 Å². The van der Waals surface area contributed by atoms with Crippen molar-refractivity contribution in [1.29, 1.82) is 0 Å². The lowest BCUT2D eigenvalue weighted by atomic mass is 10.1. The zero-order valence-corrected chi connectivity index (χ0v) is 12.1. The SMILES string of the molecule is CNC(CN1C(=O)CC(C)C1=O)c1cc2ccccc2o1. The summed E-state index contributed by atoms with van der Waals surface area (Å²) in [7, 11) is 1.80. The van der Waals surface area contributed by atoms with Crippen molar-refractivity contribution in [2.75, 3.05) is 13.6 Å². The average Bonchev–Trinajstić information content (AvgIpc) is 3.00. The summed E-state index contributed by atoms with van der Waals surface area (Å²) < 4.78 is 5.82. The number of likely N-dealkylation sites (N-methyl/N-ethyl adjacent to an activating group) is 1. The summed E-state index contributed by atoms with van der Waals surface area (Å²) in [6.45, 7) is 2.09. The van der Waals surface area contributed by atoms with Crippen molar-refractivity contribution in [3.05, 3.63) is 36.1 Å². The van der Waals surface area contributed by atoms with E-state index < -0.39 is 0 Å². The molecule has 1 aromatic carbocycles. The second-order valence-electron chi connectivity index (χ2n) is 5.48. The maximum Gasteiger partial charge on any atom is 0.232 e. The molecule has 0 bridgehead atoms. The first-order chi connectivity index (χ1) is 10.1. The number of likely N-dealkylation sites (tertiary alicyclic amines) is 1. The normalized spacial score (nSPS) is 20.5. The molecule has 1 fully saturated rings. The lowest BCUT2D eigenvalue weighted by Gasteiger charge is -2.20. The van der Waals surface area contributed by atoms with Gasteiger partial charge in [-0.05, 0) is 19.2 Å². The summed E-state index contributed by atoms with van der Waals surface area (Å²) in [6.07, 6.45) is 0.301. The monoisotopic (exact) mass is 286 g/mol. The number of fused-ring (bicyclic) bond motifs is 1. The number of furan rings is 1. The van der Waals surface area contributed by atoms with Gasteiger partial charge < -0.3 is 9.73 Å². The van der Waals surface area contributed by atoms with Crippen molar-refractivity contribution in [1.82, 2.24) is 10.2 Å². The molecule has 2 aromatic rings. The number of para-hydroxylation sites is 1. The number of rotatable bonds is 4. The Balaban J connectivity index is 1.85. The summed E-state index contributed by atoms with van der Waals surface area (Å²) in [4.78, 5) is 25.2. The van der Waals surface area contributed by atoms with Crippen molar-refractivity contribution >= 4 is 22.8 Å². The Bertz CT molecular complexity index is 659. The highest BCUT2D eigenvalue weighted by Gasteiger charge is 2.37. The molecule has 2 heterocycles. The van der Waals surface area contributed by atoms with Gasteiger partial charge in [0.25, 0.3) is 0 Å². The van der Waals surface area contributed by atoms with Gasteiger partial charge in [0.1, 0.15) is 11.3 Å². The lowest BCUT2D eigenvalue weighted by Crippen LogP contribution is -2.37. The first-order valence-electron chi connectivity index (χ1n) is 7.10. The summed E-state index contributed by atoms with van der Waals surface area (Å²) in [5.74, 6) is 0.310. The minimum atomic E-state index is -0.217. The number of nitrogens with zero attached hydrogens (tertiary/aromatic N) is 1. The molecule has 2 unspecified atom stereocenters. The third-order valence-electron chi connectivity index (χ3n) is 3.97. The number of carbonyl (C=O) groups is 2. The van der Waals surface area contributed by atoms with Crippen LogP contribution in [0.15, 0.2) is 34.7 Å². The Morgan fingerprint density at radius 3 is 2.76 bits per heavy atom. The van der Waals surface area contributed by atoms with E-state index in [1.54, 1.807) is 14.0 Å². The maximum absolute atomic E-state index is 12.0. The summed E-state index contributed by atoms with van der Waals surface area (Å²) in [6, 6.07) is 9.49. The standard InChI is InChI=1S/C16H18N2O3/c1-10-7-15(19)18(16(10)20)9-12(17-2)14-8-11-5-3-4-6-13(11)21-14/h3-6,8,10,12,17H,7,9H2,1-2H3. The van der Waals surface area contributed by atoms with E-state index in [2.05, 4.69) is 5.32 Å². The number of imide groups is 1. The smallest absolute Gasteiger partial charge is 0.232 e. The van der Waals surface area contributed by atoms with E-state index >= 15 is 0 Å². The van der Waals surface area contributed by atoms with Crippen LogP contribution in [0.25, 0.3) is 11.0 Å². The zero-order chi connectivity index (χ0) is 15.0. The quantitative estimate of drug-likeness (QED) is 0.874. The van der Waals surface area contributed by atoms with Gasteiger partial charge in [0.15, 0.2) is 0 Å². The van der Waals surface area contributed by atoms with Crippen LogP contribution in [-0.4, -0.2) is 30.3 Å². The molecule has 1 saturated heterocycles. The fourth-order valence-corrected chi connectivity index (χ4v) is 2.72. The van der Waals surface area contributed by atoms with E-state index in [1.807, 2.05) is 30.3 Å². The molecule has 5 heteroatoms. The predicted molar refractivity (Wildman–Crippen MR) is 78.5 cm³/mol. The van der Waals surface area contributed by atoms with E-state index in [1.165, 1.54) is 4.90 Å². The van der Waals surface area contributed by atoms with Gasteiger partial charge in [0.2, 0.25) is 11.8 Å². The third-order valence-corrected chi connectivity index (χ3v) is 3.97. The molecular formula is C16H18N2O3. The molecule has 0 aliphatic carbocycles. The van der Waals surface area contributed by atoms with Crippen molar-refractivity contribution in [2.45, 2.75) is 19.4 Å². The lowest BCUT2D eigenvalue weighted by molar-refractivity contribution is -0.139. The fraction of sp³-hybridized carbons (Fsp3) is 0.375. The van der Waals surface area contributed by atoms with Gasteiger partial charge in [-0.2, -0.15) is 0 Å². The zero-order valence-electron chi connectivity index (χ0n) is 12.1. The Morgan fingerprint density at radius 2 is 2.14 bits per heavy atom. The number of carbonyl (C=O) groups excluding carboxylic acids is 2. The second kappa shape index (κ2) is 5.33. The van der Waals surface area contributed by atoms with Gasteiger partial charge in [0.05, 0.1) is 12.6 Å². The topological polar surface area (TPSA) is 62.6 Å². The van der Waals surface area contributed by atoms with Crippen LogP contribution in [0.4, 0.5) is 0 Å². The van der Waals surface area contributed by atoms with Crippen LogP contribution >= 0.6 is 0 Å². The molecule has 2 atom stereocenters. The van der Waals surface area contributed by atoms with Gasteiger partial charge in [-0.25, -0.2) is 0 Å². The second-order valence-corrected chi connectivity index (χ2v) is 5.48. The third kappa shape index (κ3) is 2.45. The maximum atomic E-state index is 12.0. The van der Waals surface area contributed by atoms with Gasteiger partial charge in [-0.15, -0.1) is 0 Å².